The van der Waals surface area contributed by atoms with Crippen molar-refractivity contribution in [2.45, 2.75) is 64.6 Å². The minimum Gasteiger partial charge on any atom is -0.491 e. The van der Waals surface area contributed by atoms with Crippen molar-refractivity contribution in [3.63, 3.8) is 0 Å². The number of ether oxygens (including phenoxy) is 5. The Morgan fingerprint density at radius 1 is 1.24 bits per heavy atom. The number of hydrogen-bond donors (Lipinski definition) is 1. The van der Waals surface area contributed by atoms with Crippen LogP contribution >= 0.6 is 0 Å². The van der Waals surface area contributed by atoms with Crippen molar-refractivity contribution < 1.29 is 33.3 Å². The Hall–Kier alpha value is -2.32. The van der Waals surface area contributed by atoms with Crippen molar-refractivity contribution in [2.75, 3.05) is 20.3 Å². The molecule has 1 amide bonds. The van der Waals surface area contributed by atoms with Gasteiger partial charge in [0.1, 0.15) is 30.1 Å². The monoisotopic (exact) mass is 409 g/mol. The second kappa shape index (κ2) is 9.45. The number of carbonyl (C=O) groups excluding carboxylic acids is 2. The van der Waals surface area contributed by atoms with Crippen molar-refractivity contribution in [3.8, 4) is 5.75 Å². The summed E-state index contributed by atoms with van der Waals surface area (Å²) in [6.45, 7) is 9.86. The first-order valence-electron chi connectivity index (χ1n) is 9.58. The number of rotatable bonds is 7. The smallest absolute Gasteiger partial charge is 0.408 e. The predicted molar refractivity (Wildman–Crippen MR) is 106 cm³/mol. The SMILES string of the molecule is COC(=O)[C@H](Cc1ccc(OCC2COC(C)(C)O2)cc1)NC(=O)OC(C)(C)C. The van der Waals surface area contributed by atoms with E-state index in [9.17, 15) is 9.59 Å². The Morgan fingerprint density at radius 2 is 1.90 bits per heavy atom. The number of carbonyl (C=O) groups is 2. The van der Waals surface area contributed by atoms with Crippen LogP contribution in [0.4, 0.5) is 4.79 Å². The van der Waals surface area contributed by atoms with Gasteiger partial charge in [-0.05, 0) is 52.3 Å². The third-order valence-corrected chi connectivity index (χ3v) is 4.04. The van der Waals surface area contributed by atoms with E-state index in [1.54, 1.807) is 32.9 Å². The lowest BCUT2D eigenvalue weighted by molar-refractivity contribution is -0.143. The molecule has 29 heavy (non-hydrogen) atoms. The molecule has 1 aliphatic rings. The Bertz CT molecular complexity index is 694. The average Bonchev–Trinajstić information content (AvgIpc) is 2.97. The summed E-state index contributed by atoms with van der Waals surface area (Å²) in [5.74, 6) is -0.448. The number of benzene rings is 1. The van der Waals surface area contributed by atoms with Gasteiger partial charge in [0, 0.05) is 6.42 Å². The van der Waals surface area contributed by atoms with Crippen LogP contribution in [0, 0.1) is 0 Å². The lowest BCUT2D eigenvalue weighted by atomic mass is 10.1. The van der Waals surface area contributed by atoms with Crippen LogP contribution in [-0.4, -0.2) is 55.9 Å². The molecule has 1 aliphatic heterocycles. The molecule has 1 unspecified atom stereocenters. The van der Waals surface area contributed by atoms with Crippen LogP contribution in [0.25, 0.3) is 0 Å². The van der Waals surface area contributed by atoms with Gasteiger partial charge in [-0.2, -0.15) is 0 Å². The summed E-state index contributed by atoms with van der Waals surface area (Å²) in [6, 6.07) is 6.42. The quantitative estimate of drug-likeness (QED) is 0.692. The molecule has 162 valence electrons. The second-order valence-corrected chi connectivity index (χ2v) is 8.33. The highest BCUT2D eigenvalue weighted by atomic mass is 16.7. The van der Waals surface area contributed by atoms with Crippen molar-refractivity contribution in [2.24, 2.45) is 0 Å². The minimum absolute atomic E-state index is 0.119. The molecule has 2 rings (SSSR count). The first-order valence-corrected chi connectivity index (χ1v) is 9.58. The van der Waals surface area contributed by atoms with Crippen LogP contribution < -0.4 is 10.1 Å². The molecule has 1 heterocycles. The molecule has 8 heteroatoms. The maximum Gasteiger partial charge on any atom is 0.408 e. The van der Waals surface area contributed by atoms with E-state index in [4.69, 9.17) is 23.7 Å². The Kier molecular flexibility index (Phi) is 7.48. The van der Waals surface area contributed by atoms with Gasteiger partial charge in [0.25, 0.3) is 0 Å². The maximum absolute atomic E-state index is 12.0. The summed E-state index contributed by atoms with van der Waals surface area (Å²) >= 11 is 0. The third-order valence-electron chi connectivity index (χ3n) is 4.04. The Morgan fingerprint density at radius 3 is 2.41 bits per heavy atom. The number of hydrogen-bond acceptors (Lipinski definition) is 7. The predicted octanol–water partition coefficient (Wildman–Crippen LogP) is 2.83. The lowest BCUT2D eigenvalue weighted by Crippen LogP contribution is -2.45. The van der Waals surface area contributed by atoms with Crippen LogP contribution in [0.5, 0.6) is 5.75 Å². The highest BCUT2D eigenvalue weighted by Gasteiger charge is 2.33. The van der Waals surface area contributed by atoms with Crippen LogP contribution in [0.1, 0.15) is 40.2 Å². The molecule has 1 saturated heterocycles. The molecule has 1 N–H and O–H groups in total. The minimum atomic E-state index is -0.854. The number of esters is 1. The van der Waals surface area contributed by atoms with Gasteiger partial charge >= 0.3 is 12.1 Å². The fourth-order valence-corrected chi connectivity index (χ4v) is 2.78. The standard InChI is InChI=1S/C21H31NO7/c1-20(2,3)29-19(24)22-17(18(23)25-6)11-14-7-9-15(10-8-14)26-12-16-13-27-21(4,5)28-16/h7-10,16-17H,11-13H2,1-6H3,(H,22,24)/t16?,17-/m0/s1. The van der Waals surface area contributed by atoms with E-state index in [0.29, 0.717) is 19.0 Å². The van der Waals surface area contributed by atoms with Gasteiger partial charge in [-0.15, -0.1) is 0 Å². The van der Waals surface area contributed by atoms with Crippen LogP contribution in [0.15, 0.2) is 24.3 Å². The lowest BCUT2D eigenvalue weighted by Gasteiger charge is -2.22. The summed E-state index contributed by atoms with van der Waals surface area (Å²) in [5.41, 5.74) is 0.179. The Labute approximate surface area is 171 Å². The third kappa shape index (κ3) is 7.91. The summed E-state index contributed by atoms with van der Waals surface area (Å²) in [5, 5.41) is 2.56. The topological polar surface area (TPSA) is 92.3 Å². The molecule has 0 bridgehead atoms. The normalized spacial score (nSPS) is 19.3. The van der Waals surface area contributed by atoms with E-state index < -0.39 is 29.5 Å². The van der Waals surface area contributed by atoms with Gasteiger partial charge in [-0.1, -0.05) is 12.1 Å². The molecule has 0 saturated carbocycles. The van der Waals surface area contributed by atoms with Gasteiger partial charge in [-0.25, -0.2) is 9.59 Å². The zero-order valence-corrected chi connectivity index (χ0v) is 17.9. The summed E-state index contributed by atoms with van der Waals surface area (Å²) in [6.07, 6.45) is -0.527. The van der Waals surface area contributed by atoms with Gasteiger partial charge in [0.05, 0.1) is 13.7 Å². The van der Waals surface area contributed by atoms with Gasteiger partial charge in [0.15, 0.2) is 5.79 Å². The molecule has 8 nitrogen and oxygen atoms in total. The fraction of sp³-hybridized carbons (Fsp3) is 0.619. The molecule has 1 fully saturated rings. The van der Waals surface area contributed by atoms with E-state index in [2.05, 4.69) is 5.32 Å². The number of nitrogens with one attached hydrogen (secondary N) is 1. The second-order valence-electron chi connectivity index (χ2n) is 8.33. The van der Waals surface area contributed by atoms with E-state index in [1.165, 1.54) is 7.11 Å². The molecule has 0 spiro atoms. The molecule has 0 aromatic heterocycles. The summed E-state index contributed by atoms with van der Waals surface area (Å²) < 4.78 is 27.0. The summed E-state index contributed by atoms with van der Waals surface area (Å²) in [4.78, 5) is 24.1. The summed E-state index contributed by atoms with van der Waals surface area (Å²) in [7, 11) is 1.28. The highest BCUT2D eigenvalue weighted by molar-refractivity contribution is 5.81. The van der Waals surface area contributed by atoms with Crippen LogP contribution in [0.3, 0.4) is 0 Å². The molecule has 2 atom stereocenters. The number of amides is 1. The van der Waals surface area contributed by atoms with E-state index in [1.807, 2.05) is 26.0 Å². The van der Waals surface area contributed by atoms with Crippen LogP contribution in [-0.2, 0) is 30.2 Å². The van der Waals surface area contributed by atoms with Crippen molar-refractivity contribution >= 4 is 12.1 Å². The molecule has 0 aliphatic carbocycles. The molecular formula is C21H31NO7. The fourth-order valence-electron chi connectivity index (χ4n) is 2.78. The van der Waals surface area contributed by atoms with E-state index in [0.717, 1.165) is 5.56 Å². The van der Waals surface area contributed by atoms with Crippen molar-refractivity contribution in [3.05, 3.63) is 29.8 Å². The number of methoxy groups -OCH3 is 1. The van der Waals surface area contributed by atoms with Gasteiger partial charge < -0.3 is 29.0 Å². The molecular weight excluding hydrogens is 378 g/mol. The largest absolute Gasteiger partial charge is 0.491 e. The zero-order valence-electron chi connectivity index (χ0n) is 17.9. The Balaban J connectivity index is 1.90. The zero-order chi connectivity index (χ0) is 21.7. The molecule has 0 radical (unpaired) electrons. The molecule has 1 aromatic carbocycles. The van der Waals surface area contributed by atoms with Gasteiger partial charge in [0.2, 0.25) is 0 Å². The van der Waals surface area contributed by atoms with Gasteiger partial charge in [-0.3, -0.25) is 0 Å². The first-order chi connectivity index (χ1) is 13.5. The van der Waals surface area contributed by atoms with E-state index in [-0.39, 0.29) is 12.5 Å². The van der Waals surface area contributed by atoms with Crippen molar-refractivity contribution in [1.82, 2.24) is 5.32 Å². The average molecular weight is 409 g/mol. The molecule has 1 aromatic rings. The first kappa shape index (κ1) is 23.0. The van der Waals surface area contributed by atoms with Crippen molar-refractivity contribution in [1.29, 1.82) is 0 Å². The number of alkyl carbamates (subject to hydrolysis) is 1. The van der Waals surface area contributed by atoms with E-state index >= 15 is 0 Å². The maximum atomic E-state index is 12.0. The van der Waals surface area contributed by atoms with Crippen LogP contribution in [0.2, 0.25) is 0 Å². The highest BCUT2D eigenvalue weighted by Crippen LogP contribution is 2.23.